The van der Waals surface area contributed by atoms with Gasteiger partial charge in [0.05, 0.1) is 5.02 Å². The fraction of sp³-hybridized carbons (Fsp3) is 0.625. The predicted molar refractivity (Wildman–Crippen MR) is 94.9 cm³/mol. The van der Waals surface area contributed by atoms with Gasteiger partial charge >= 0.3 is 0 Å². The molecule has 0 saturated carbocycles. The van der Waals surface area contributed by atoms with E-state index in [1.54, 1.807) is 11.8 Å². The first-order valence-electron chi connectivity index (χ1n) is 7.73. The first-order valence-corrected chi connectivity index (χ1v) is 9.47. The fourth-order valence-corrected chi connectivity index (χ4v) is 4.28. The van der Waals surface area contributed by atoms with Gasteiger partial charge in [0.15, 0.2) is 0 Å². The van der Waals surface area contributed by atoms with Gasteiger partial charge in [-0.25, -0.2) is 0 Å². The second-order valence-electron chi connectivity index (χ2n) is 5.44. The molecular weight excluding hydrogens is 323 g/mol. The average molecular weight is 347 g/mol. The summed E-state index contributed by atoms with van der Waals surface area (Å²) in [6.07, 6.45) is 3.75. The molecule has 0 unspecified atom stereocenters. The molecule has 5 heteroatoms. The van der Waals surface area contributed by atoms with Crippen LogP contribution < -0.4 is 5.32 Å². The Balaban J connectivity index is 1.85. The summed E-state index contributed by atoms with van der Waals surface area (Å²) >= 11 is 14.1. The van der Waals surface area contributed by atoms with E-state index in [9.17, 15) is 0 Å². The molecule has 0 aliphatic carbocycles. The molecule has 0 radical (unpaired) electrons. The number of nitrogens with zero attached hydrogens (tertiary/aromatic N) is 1. The van der Waals surface area contributed by atoms with Gasteiger partial charge < -0.3 is 5.32 Å². The second-order valence-corrected chi connectivity index (χ2v) is 7.42. The lowest BCUT2D eigenvalue weighted by Gasteiger charge is -2.34. The Kier molecular flexibility index (Phi) is 7.69. The first kappa shape index (κ1) is 17.4. The molecule has 1 heterocycles. The van der Waals surface area contributed by atoms with Gasteiger partial charge in [-0.15, -0.1) is 11.8 Å². The number of piperidine rings is 1. The summed E-state index contributed by atoms with van der Waals surface area (Å²) in [4.78, 5) is 3.73. The van der Waals surface area contributed by atoms with Crippen molar-refractivity contribution in [1.29, 1.82) is 0 Å². The molecular formula is C16H24Cl2N2S. The molecule has 21 heavy (non-hydrogen) atoms. The SMILES string of the molecule is CCCN(CCSc1cc(Cl)ccc1Cl)C1CCNCC1. The number of benzene rings is 1. The molecule has 2 nitrogen and oxygen atoms in total. The molecule has 1 aliphatic heterocycles. The summed E-state index contributed by atoms with van der Waals surface area (Å²) in [6, 6.07) is 6.42. The van der Waals surface area contributed by atoms with Gasteiger partial charge in [0, 0.05) is 28.3 Å². The van der Waals surface area contributed by atoms with Gasteiger partial charge in [0.2, 0.25) is 0 Å². The summed E-state index contributed by atoms with van der Waals surface area (Å²) in [7, 11) is 0. The highest BCUT2D eigenvalue weighted by Gasteiger charge is 2.19. The van der Waals surface area contributed by atoms with E-state index in [-0.39, 0.29) is 0 Å². The standard InChI is InChI=1S/C16H24Cl2N2S/c1-2-9-20(14-5-7-19-8-6-14)10-11-21-16-12-13(17)3-4-15(16)18/h3-4,12,14,19H,2,5-11H2,1H3. The minimum atomic E-state index is 0.738. The van der Waals surface area contributed by atoms with Crippen LogP contribution in [0.2, 0.25) is 10.0 Å². The number of nitrogens with one attached hydrogen (secondary N) is 1. The van der Waals surface area contributed by atoms with Crippen LogP contribution >= 0.6 is 35.0 Å². The zero-order valence-electron chi connectivity index (χ0n) is 12.6. The molecule has 1 fully saturated rings. The molecule has 0 atom stereocenters. The molecule has 2 rings (SSSR count). The molecule has 1 saturated heterocycles. The number of hydrogen-bond donors (Lipinski definition) is 1. The van der Waals surface area contributed by atoms with Crippen LogP contribution in [-0.2, 0) is 0 Å². The second kappa shape index (κ2) is 9.26. The lowest BCUT2D eigenvalue weighted by molar-refractivity contribution is 0.172. The molecule has 0 bridgehead atoms. The molecule has 0 spiro atoms. The van der Waals surface area contributed by atoms with Crippen LogP contribution in [0.1, 0.15) is 26.2 Å². The van der Waals surface area contributed by atoms with Crippen molar-refractivity contribution in [3.63, 3.8) is 0 Å². The number of halogens is 2. The van der Waals surface area contributed by atoms with Crippen molar-refractivity contribution in [3.8, 4) is 0 Å². The van der Waals surface area contributed by atoms with Crippen LogP contribution in [0.4, 0.5) is 0 Å². The maximum Gasteiger partial charge on any atom is 0.0542 e. The Bertz CT molecular complexity index is 436. The van der Waals surface area contributed by atoms with E-state index in [1.165, 1.54) is 25.8 Å². The highest BCUT2D eigenvalue weighted by atomic mass is 35.5. The van der Waals surface area contributed by atoms with Crippen molar-refractivity contribution in [1.82, 2.24) is 10.2 Å². The maximum absolute atomic E-state index is 6.22. The number of thioether (sulfide) groups is 1. The third-order valence-electron chi connectivity index (χ3n) is 3.87. The third kappa shape index (κ3) is 5.65. The molecule has 0 aromatic heterocycles. The first-order chi connectivity index (χ1) is 10.2. The van der Waals surface area contributed by atoms with Crippen LogP contribution in [0.15, 0.2) is 23.1 Å². The van der Waals surface area contributed by atoms with Crippen molar-refractivity contribution in [2.75, 3.05) is 31.9 Å². The summed E-state index contributed by atoms with van der Waals surface area (Å²) in [5.74, 6) is 1.06. The monoisotopic (exact) mass is 346 g/mol. The van der Waals surface area contributed by atoms with Gasteiger partial charge in [-0.1, -0.05) is 30.1 Å². The van der Waals surface area contributed by atoms with Crippen molar-refractivity contribution in [3.05, 3.63) is 28.2 Å². The summed E-state index contributed by atoms with van der Waals surface area (Å²) in [5, 5.41) is 5.00. The molecule has 1 aromatic rings. The van der Waals surface area contributed by atoms with E-state index in [0.29, 0.717) is 0 Å². The van der Waals surface area contributed by atoms with Crippen molar-refractivity contribution < 1.29 is 0 Å². The average Bonchev–Trinajstić information content (AvgIpc) is 2.51. The van der Waals surface area contributed by atoms with E-state index in [4.69, 9.17) is 23.2 Å². The van der Waals surface area contributed by atoms with E-state index >= 15 is 0 Å². The van der Waals surface area contributed by atoms with E-state index < -0.39 is 0 Å². The molecule has 118 valence electrons. The minimum absolute atomic E-state index is 0.738. The van der Waals surface area contributed by atoms with Gasteiger partial charge in [0.1, 0.15) is 0 Å². The quantitative estimate of drug-likeness (QED) is 0.729. The Labute approximate surface area is 142 Å². The van der Waals surface area contributed by atoms with Crippen molar-refractivity contribution >= 4 is 35.0 Å². The molecule has 0 amide bonds. The van der Waals surface area contributed by atoms with Crippen LogP contribution in [0.5, 0.6) is 0 Å². The highest BCUT2D eigenvalue weighted by Crippen LogP contribution is 2.30. The largest absolute Gasteiger partial charge is 0.317 e. The van der Waals surface area contributed by atoms with E-state index in [1.807, 2.05) is 18.2 Å². The van der Waals surface area contributed by atoms with Gasteiger partial charge in [-0.2, -0.15) is 0 Å². The van der Waals surface area contributed by atoms with Crippen molar-refractivity contribution in [2.24, 2.45) is 0 Å². The predicted octanol–water partition coefficient (Wildman–Crippen LogP) is 4.55. The Morgan fingerprint density at radius 2 is 2.00 bits per heavy atom. The third-order valence-corrected chi connectivity index (χ3v) is 5.58. The summed E-state index contributed by atoms with van der Waals surface area (Å²) in [6.45, 7) is 6.87. The van der Waals surface area contributed by atoms with Crippen LogP contribution in [0.25, 0.3) is 0 Å². The Hall–Kier alpha value is 0.0700. The lowest BCUT2D eigenvalue weighted by atomic mass is 10.0. The normalized spacial score (nSPS) is 16.6. The van der Waals surface area contributed by atoms with Gasteiger partial charge in [-0.3, -0.25) is 4.90 Å². The zero-order chi connectivity index (χ0) is 15.1. The number of rotatable bonds is 7. The zero-order valence-corrected chi connectivity index (χ0v) is 14.9. The highest BCUT2D eigenvalue weighted by molar-refractivity contribution is 7.99. The molecule has 1 N–H and O–H groups in total. The minimum Gasteiger partial charge on any atom is -0.317 e. The van der Waals surface area contributed by atoms with Crippen LogP contribution in [0.3, 0.4) is 0 Å². The Morgan fingerprint density at radius 1 is 1.24 bits per heavy atom. The summed E-state index contributed by atoms with van der Waals surface area (Å²) in [5.41, 5.74) is 0. The van der Waals surface area contributed by atoms with Crippen LogP contribution in [-0.4, -0.2) is 42.9 Å². The smallest absolute Gasteiger partial charge is 0.0542 e. The topological polar surface area (TPSA) is 15.3 Å². The van der Waals surface area contributed by atoms with E-state index in [0.717, 1.165) is 46.4 Å². The Morgan fingerprint density at radius 3 is 2.71 bits per heavy atom. The lowest BCUT2D eigenvalue weighted by Crippen LogP contribution is -2.44. The van der Waals surface area contributed by atoms with E-state index in [2.05, 4.69) is 17.1 Å². The molecule has 1 aromatic carbocycles. The molecule has 1 aliphatic rings. The van der Waals surface area contributed by atoms with Gasteiger partial charge in [0.25, 0.3) is 0 Å². The summed E-state index contributed by atoms with van der Waals surface area (Å²) < 4.78 is 0. The van der Waals surface area contributed by atoms with Crippen molar-refractivity contribution in [2.45, 2.75) is 37.1 Å². The number of hydrogen-bond acceptors (Lipinski definition) is 3. The maximum atomic E-state index is 6.22. The fourth-order valence-electron chi connectivity index (χ4n) is 2.80. The van der Waals surface area contributed by atoms with Crippen LogP contribution in [0, 0.1) is 0 Å². The van der Waals surface area contributed by atoms with Gasteiger partial charge in [-0.05, 0) is 57.1 Å².